The lowest BCUT2D eigenvalue weighted by Crippen LogP contribution is -2.44. The molecule has 1 unspecified atom stereocenters. The highest BCUT2D eigenvalue weighted by molar-refractivity contribution is 9.10. The second-order valence-corrected chi connectivity index (χ2v) is 6.55. The first-order valence-corrected chi connectivity index (χ1v) is 7.56. The minimum atomic E-state index is 0.674. The topological polar surface area (TPSA) is 6.48 Å². The van der Waals surface area contributed by atoms with Crippen molar-refractivity contribution in [3.05, 3.63) is 33.3 Å². The number of halogens is 2. The molecule has 1 fully saturated rings. The molecule has 0 spiro atoms. The Morgan fingerprint density at radius 2 is 2.22 bits per heavy atom. The normalized spacial score (nSPS) is 21.5. The van der Waals surface area contributed by atoms with Crippen molar-refractivity contribution in [1.29, 1.82) is 0 Å². The fourth-order valence-electron chi connectivity index (χ4n) is 2.49. The van der Waals surface area contributed by atoms with Gasteiger partial charge in [0.2, 0.25) is 0 Å². The monoisotopic (exact) mass is 330 g/mol. The van der Waals surface area contributed by atoms with Gasteiger partial charge in [-0.15, -0.1) is 0 Å². The molecule has 0 saturated carbocycles. The van der Waals surface area contributed by atoms with E-state index in [1.54, 1.807) is 0 Å². The Morgan fingerprint density at radius 3 is 2.89 bits per heavy atom. The maximum absolute atomic E-state index is 6.28. The van der Waals surface area contributed by atoms with Crippen LogP contribution < -0.4 is 0 Å². The highest BCUT2D eigenvalue weighted by atomic mass is 79.9. The van der Waals surface area contributed by atoms with Gasteiger partial charge < -0.3 is 4.90 Å². The molecule has 0 N–H and O–H groups in total. The van der Waals surface area contributed by atoms with Crippen molar-refractivity contribution < 1.29 is 0 Å². The van der Waals surface area contributed by atoms with E-state index >= 15 is 0 Å². The fraction of sp³-hybridized carbons (Fsp3) is 0.571. The average molecular weight is 332 g/mol. The zero-order valence-corrected chi connectivity index (χ0v) is 13.3. The van der Waals surface area contributed by atoms with E-state index in [4.69, 9.17) is 11.6 Å². The van der Waals surface area contributed by atoms with Gasteiger partial charge in [-0.25, -0.2) is 0 Å². The number of rotatable bonds is 3. The zero-order chi connectivity index (χ0) is 13.1. The molecule has 1 aliphatic rings. The summed E-state index contributed by atoms with van der Waals surface area (Å²) in [6.07, 6.45) is 2.58. The molecule has 1 heterocycles. The molecule has 0 aromatic heterocycles. The molecule has 2 rings (SSSR count). The van der Waals surface area contributed by atoms with Crippen LogP contribution in [-0.2, 0) is 6.54 Å². The minimum Gasteiger partial charge on any atom is -0.305 e. The molecule has 4 heteroatoms. The highest BCUT2D eigenvalue weighted by Gasteiger charge is 2.21. The smallest absolute Gasteiger partial charge is 0.0462 e. The van der Waals surface area contributed by atoms with Crippen molar-refractivity contribution in [3.8, 4) is 0 Å². The predicted octanol–water partition coefficient (Wildman–Crippen LogP) is 3.63. The summed E-state index contributed by atoms with van der Waals surface area (Å²) in [5.74, 6) is 0. The van der Waals surface area contributed by atoms with Crippen LogP contribution in [0.3, 0.4) is 0 Å². The first kappa shape index (κ1) is 14.3. The Bertz CT molecular complexity index is 409. The van der Waals surface area contributed by atoms with Gasteiger partial charge in [0.05, 0.1) is 0 Å². The van der Waals surface area contributed by atoms with Gasteiger partial charge in [0.25, 0.3) is 0 Å². The van der Waals surface area contributed by atoms with E-state index < -0.39 is 0 Å². The van der Waals surface area contributed by atoms with Crippen molar-refractivity contribution in [2.45, 2.75) is 25.4 Å². The number of nitrogens with zero attached hydrogens (tertiary/aromatic N) is 2. The summed E-state index contributed by atoms with van der Waals surface area (Å²) in [5, 5.41) is 0.858. The van der Waals surface area contributed by atoms with Crippen molar-refractivity contribution in [1.82, 2.24) is 9.80 Å². The van der Waals surface area contributed by atoms with Crippen LogP contribution in [0.15, 0.2) is 22.7 Å². The standard InChI is InChI=1S/C14H20BrClN2/c1-17(2)13-4-3-7-18(10-13)9-11-5-6-12(15)8-14(11)16/h5-6,8,13H,3-4,7,9-10H2,1-2H3. The molecule has 0 radical (unpaired) electrons. The van der Waals surface area contributed by atoms with Crippen LogP contribution in [0.5, 0.6) is 0 Å². The molecular formula is C14H20BrClN2. The molecule has 1 atom stereocenters. The number of benzene rings is 1. The van der Waals surface area contributed by atoms with E-state index in [1.807, 2.05) is 6.07 Å². The Labute approximate surface area is 123 Å². The maximum Gasteiger partial charge on any atom is 0.0462 e. The quantitative estimate of drug-likeness (QED) is 0.834. The van der Waals surface area contributed by atoms with Gasteiger partial charge in [0, 0.05) is 28.6 Å². The van der Waals surface area contributed by atoms with Gasteiger partial charge in [-0.3, -0.25) is 4.90 Å². The van der Waals surface area contributed by atoms with Crippen molar-refractivity contribution >= 4 is 27.5 Å². The molecule has 100 valence electrons. The fourth-order valence-corrected chi connectivity index (χ4v) is 3.22. The molecule has 0 amide bonds. The van der Waals surface area contributed by atoms with E-state index in [2.05, 4.69) is 52.0 Å². The summed E-state index contributed by atoms with van der Waals surface area (Å²) in [5.41, 5.74) is 1.22. The molecule has 2 nitrogen and oxygen atoms in total. The summed E-state index contributed by atoms with van der Waals surface area (Å²) < 4.78 is 1.04. The van der Waals surface area contributed by atoms with Gasteiger partial charge in [-0.2, -0.15) is 0 Å². The summed E-state index contributed by atoms with van der Waals surface area (Å²) in [6.45, 7) is 3.27. The Balaban J connectivity index is 2.00. The van der Waals surface area contributed by atoms with Gasteiger partial charge in [0.15, 0.2) is 0 Å². The molecule has 1 aromatic carbocycles. The van der Waals surface area contributed by atoms with Crippen LogP contribution in [0, 0.1) is 0 Å². The molecule has 1 aromatic rings. The van der Waals surface area contributed by atoms with Crippen LogP contribution in [0.1, 0.15) is 18.4 Å². The molecule has 0 aliphatic carbocycles. The number of piperidine rings is 1. The second kappa shape index (κ2) is 6.38. The molecule has 1 aliphatic heterocycles. The Kier molecular flexibility index (Phi) is 5.07. The third-order valence-electron chi connectivity index (χ3n) is 3.62. The third-order valence-corrected chi connectivity index (χ3v) is 4.47. The lowest BCUT2D eigenvalue weighted by Gasteiger charge is -2.36. The number of hydrogen-bond acceptors (Lipinski definition) is 2. The van der Waals surface area contributed by atoms with Gasteiger partial charge in [-0.05, 0) is 51.2 Å². The van der Waals surface area contributed by atoms with E-state index in [9.17, 15) is 0 Å². The summed E-state index contributed by atoms with van der Waals surface area (Å²) in [7, 11) is 4.33. The van der Waals surface area contributed by atoms with Crippen LogP contribution in [0.4, 0.5) is 0 Å². The van der Waals surface area contributed by atoms with E-state index in [0.717, 1.165) is 22.6 Å². The third kappa shape index (κ3) is 3.70. The highest BCUT2D eigenvalue weighted by Crippen LogP contribution is 2.24. The summed E-state index contributed by atoms with van der Waals surface area (Å²) in [6, 6.07) is 6.83. The van der Waals surface area contributed by atoms with Crippen LogP contribution in [-0.4, -0.2) is 43.0 Å². The zero-order valence-electron chi connectivity index (χ0n) is 11.0. The predicted molar refractivity (Wildman–Crippen MR) is 81.1 cm³/mol. The van der Waals surface area contributed by atoms with Crippen LogP contribution >= 0.6 is 27.5 Å². The Morgan fingerprint density at radius 1 is 1.44 bits per heavy atom. The van der Waals surface area contributed by atoms with Gasteiger partial charge >= 0.3 is 0 Å². The molecular weight excluding hydrogens is 312 g/mol. The van der Waals surface area contributed by atoms with Crippen molar-refractivity contribution in [2.75, 3.05) is 27.2 Å². The largest absolute Gasteiger partial charge is 0.305 e. The van der Waals surface area contributed by atoms with Crippen LogP contribution in [0.25, 0.3) is 0 Å². The van der Waals surface area contributed by atoms with E-state index in [1.165, 1.54) is 24.9 Å². The van der Waals surface area contributed by atoms with Crippen molar-refractivity contribution in [3.63, 3.8) is 0 Å². The van der Waals surface area contributed by atoms with E-state index in [-0.39, 0.29) is 0 Å². The second-order valence-electron chi connectivity index (χ2n) is 5.23. The lowest BCUT2D eigenvalue weighted by atomic mass is 10.0. The molecule has 18 heavy (non-hydrogen) atoms. The molecule has 0 bridgehead atoms. The number of likely N-dealkylation sites (tertiary alicyclic amines) is 1. The van der Waals surface area contributed by atoms with Gasteiger partial charge in [0.1, 0.15) is 0 Å². The lowest BCUT2D eigenvalue weighted by molar-refractivity contribution is 0.128. The number of likely N-dealkylation sites (N-methyl/N-ethyl adjacent to an activating group) is 1. The Hall–Kier alpha value is -0.0900. The van der Waals surface area contributed by atoms with E-state index in [0.29, 0.717) is 6.04 Å². The minimum absolute atomic E-state index is 0.674. The van der Waals surface area contributed by atoms with Gasteiger partial charge in [-0.1, -0.05) is 33.6 Å². The van der Waals surface area contributed by atoms with Crippen LogP contribution in [0.2, 0.25) is 5.02 Å². The first-order valence-electron chi connectivity index (χ1n) is 6.39. The summed E-state index contributed by atoms with van der Waals surface area (Å²) in [4.78, 5) is 4.83. The summed E-state index contributed by atoms with van der Waals surface area (Å²) >= 11 is 9.73. The first-order chi connectivity index (χ1) is 8.56. The van der Waals surface area contributed by atoms with Crippen molar-refractivity contribution in [2.24, 2.45) is 0 Å². The SMILES string of the molecule is CN(C)C1CCCN(Cc2ccc(Br)cc2Cl)C1. The molecule has 1 saturated heterocycles. The number of hydrogen-bond donors (Lipinski definition) is 0. The average Bonchev–Trinajstić information content (AvgIpc) is 2.33. The maximum atomic E-state index is 6.28.